The molecular weight excluding hydrogens is 266 g/mol. The van der Waals surface area contributed by atoms with Crippen LogP contribution in [0.5, 0.6) is 0 Å². The maximum atomic E-state index is 4.83. The molecule has 0 aromatic carbocycles. The predicted octanol–water partition coefficient (Wildman–Crippen LogP) is 3.81. The predicted molar refractivity (Wildman–Crippen MR) is 85.3 cm³/mol. The third kappa shape index (κ3) is 3.25. The fraction of sp³-hybridized carbons (Fsp3) is 0.500. The van der Waals surface area contributed by atoms with Gasteiger partial charge in [-0.05, 0) is 50.4 Å². The van der Waals surface area contributed by atoms with Gasteiger partial charge in [0.2, 0.25) is 0 Å². The van der Waals surface area contributed by atoms with Crippen molar-refractivity contribution in [1.82, 2.24) is 15.3 Å². The molecule has 2 aromatic rings. The van der Waals surface area contributed by atoms with Gasteiger partial charge in [-0.3, -0.25) is 4.98 Å². The third-order valence-corrected chi connectivity index (χ3v) is 4.56. The first kappa shape index (κ1) is 15.1. The van der Waals surface area contributed by atoms with Crippen LogP contribution in [-0.4, -0.2) is 16.5 Å². The normalized spacial score (nSPS) is 12.6. The smallest absolute Gasteiger partial charge is 0.115 e. The van der Waals surface area contributed by atoms with Crippen LogP contribution in [0.2, 0.25) is 0 Å². The number of thiazole rings is 1. The Morgan fingerprint density at radius 2 is 2.10 bits per heavy atom. The molecule has 2 heterocycles. The van der Waals surface area contributed by atoms with E-state index in [0.717, 1.165) is 24.4 Å². The second-order valence-electron chi connectivity index (χ2n) is 5.03. The molecule has 0 spiro atoms. The zero-order valence-electron chi connectivity index (χ0n) is 12.7. The number of hydrogen-bond donors (Lipinski definition) is 1. The van der Waals surface area contributed by atoms with Crippen LogP contribution in [-0.2, 0) is 6.42 Å². The quantitative estimate of drug-likeness (QED) is 0.879. The zero-order chi connectivity index (χ0) is 14.5. The number of rotatable bonds is 6. The summed E-state index contributed by atoms with van der Waals surface area (Å²) in [5.74, 6) is 0. The van der Waals surface area contributed by atoms with Gasteiger partial charge in [-0.1, -0.05) is 13.8 Å². The van der Waals surface area contributed by atoms with Gasteiger partial charge in [0.05, 0.1) is 11.7 Å². The summed E-state index contributed by atoms with van der Waals surface area (Å²) in [6.07, 6.45) is 5.92. The van der Waals surface area contributed by atoms with Gasteiger partial charge in [0.1, 0.15) is 5.01 Å². The van der Waals surface area contributed by atoms with Crippen LogP contribution in [0.4, 0.5) is 0 Å². The van der Waals surface area contributed by atoms with Gasteiger partial charge in [-0.15, -0.1) is 11.3 Å². The monoisotopic (exact) mass is 289 g/mol. The molecule has 0 saturated heterocycles. The summed E-state index contributed by atoms with van der Waals surface area (Å²) in [6.45, 7) is 9.63. The van der Waals surface area contributed by atoms with E-state index in [0.29, 0.717) is 0 Å². The molecule has 0 aliphatic carbocycles. The Bertz CT molecular complexity index is 563. The molecule has 4 heteroatoms. The van der Waals surface area contributed by atoms with Crippen molar-refractivity contribution >= 4 is 11.3 Å². The minimum Gasteiger partial charge on any atom is -0.304 e. The van der Waals surface area contributed by atoms with Crippen LogP contribution in [0.15, 0.2) is 18.5 Å². The topological polar surface area (TPSA) is 37.8 Å². The molecule has 0 aliphatic rings. The Morgan fingerprint density at radius 1 is 1.30 bits per heavy atom. The molecule has 0 bridgehead atoms. The molecule has 0 saturated carbocycles. The van der Waals surface area contributed by atoms with Crippen molar-refractivity contribution in [3.63, 3.8) is 0 Å². The Morgan fingerprint density at radius 3 is 2.70 bits per heavy atom. The number of nitrogens with one attached hydrogen (secondary N) is 1. The van der Waals surface area contributed by atoms with Crippen LogP contribution < -0.4 is 5.32 Å². The lowest BCUT2D eigenvalue weighted by Gasteiger charge is -2.18. The number of aryl methyl sites for hydroxylation is 3. The molecule has 108 valence electrons. The highest BCUT2D eigenvalue weighted by atomic mass is 32.1. The van der Waals surface area contributed by atoms with Gasteiger partial charge in [-0.2, -0.15) is 0 Å². The summed E-state index contributed by atoms with van der Waals surface area (Å²) >= 11 is 1.80. The summed E-state index contributed by atoms with van der Waals surface area (Å²) < 4.78 is 0. The molecule has 1 unspecified atom stereocenters. The van der Waals surface area contributed by atoms with E-state index in [4.69, 9.17) is 4.98 Å². The Kier molecular flexibility index (Phi) is 5.26. The van der Waals surface area contributed by atoms with E-state index < -0.39 is 0 Å². The average Bonchev–Trinajstić information content (AvgIpc) is 2.82. The number of nitrogens with zero attached hydrogens (tertiary/aromatic N) is 2. The molecule has 1 atom stereocenters. The molecule has 1 N–H and O–H groups in total. The van der Waals surface area contributed by atoms with Crippen molar-refractivity contribution in [2.75, 3.05) is 6.54 Å². The molecule has 0 aliphatic heterocycles. The van der Waals surface area contributed by atoms with Gasteiger partial charge < -0.3 is 5.32 Å². The lowest BCUT2D eigenvalue weighted by molar-refractivity contribution is 0.590. The highest BCUT2D eigenvalue weighted by molar-refractivity contribution is 7.11. The van der Waals surface area contributed by atoms with Crippen molar-refractivity contribution in [3.05, 3.63) is 45.2 Å². The van der Waals surface area contributed by atoms with E-state index in [9.17, 15) is 0 Å². The van der Waals surface area contributed by atoms with E-state index in [1.165, 1.54) is 21.7 Å². The van der Waals surface area contributed by atoms with E-state index in [1.807, 2.05) is 12.4 Å². The molecule has 0 amide bonds. The van der Waals surface area contributed by atoms with E-state index in [2.05, 4.69) is 44.1 Å². The molecule has 20 heavy (non-hydrogen) atoms. The number of hydrogen-bond acceptors (Lipinski definition) is 4. The zero-order valence-corrected chi connectivity index (χ0v) is 13.5. The van der Waals surface area contributed by atoms with Crippen molar-refractivity contribution in [2.24, 2.45) is 0 Å². The molecular formula is C16H23N3S. The Hall–Kier alpha value is -1.26. The lowest BCUT2D eigenvalue weighted by atomic mass is 10.0. The largest absolute Gasteiger partial charge is 0.304 e. The average molecular weight is 289 g/mol. The SMILES string of the molecule is CCCNC(c1nc(CC)c(C)s1)c1cnccc1C. The summed E-state index contributed by atoms with van der Waals surface area (Å²) in [6, 6.07) is 2.23. The van der Waals surface area contributed by atoms with E-state index >= 15 is 0 Å². The maximum Gasteiger partial charge on any atom is 0.115 e. The minimum absolute atomic E-state index is 0.160. The van der Waals surface area contributed by atoms with E-state index in [1.54, 1.807) is 11.3 Å². The molecule has 2 rings (SSSR count). The maximum absolute atomic E-state index is 4.83. The molecule has 3 nitrogen and oxygen atoms in total. The highest BCUT2D eigenvalue weighted by Gasteiger charge is 2.20. The molecule has 0 radical (unpaired) electrons. The van der Waals surface area contributed by atoms with Gasteiger partial charge in [0.15, 0.2) is 0 Å². The minimum atomic E-state index is 0.160. The van der Waals surface area contributed by atoms with Gasteiger partial charge in [-0.25, -0.2) is 4.98 Å². The van der Waals surface area contributed by atoms with Crippen molar-refractivity contribution in [1.29, 1.82) is 0 Å². The van der Waals surface area contributed by atoms with E-state index in [-0.39, 0.29) is 6.04 Å². The summed E-state index contributed by atoms with van der Waals surface area (Å²) in [7, 11) is 0. The summed E-state index contributed by atoms with van der Waals surface area (Å²) in [5.41, 5.74) is 3.71. The first-order valence-electron chi connectivity index (χ1n) is 7.27. The molecule has 0 fully saturated rings. The second kappa shape index (κ2) is 6.95. The van der Waals surface area contributed by atoms with Crippen molar-refractivity contribution in [3.8, 4) is 0 Å². The lowest BCUT2D eigenvalue weighted by Crippen LogP contribution is -2.24. The van der Waals surface area contributed by atoms with Gasteiger partial charge >= 0.3 is 0 Å². The van der Waals surface area contributed by atoms with Crippen LogP contribution >= 0.6 is 11.3 Å². The standard InChI is InChI=1S/C16H23N3S/c1-5-8-18-15(13-10-17-9-7-11(13)3)16-19-14(6-2)12(4)20-16/h7,9-10,15,18H,5-6,8H2,1-4H3. The first-order chi connectivity index (χ1) is 9.67. The van der Waals surface area contributed by atoms with Gasteiger partial charge in [0.25, 0.3) is 0 Å². The highest BCUT2D eigenvalue weighted by Crippen LogP contribution is 2.29. The summed E-state index contributed by atoms with van der Waals surface area (Å²) in [4.78, 5) is 10.4. The van der Waals surface area contributed by atoms with Crippen LogP contribution in [0.3, 0.4) is 0 Å². The number of pyridine rings is 1. The fourth-order valence-electron chi connectivity index (χ4n) is 2.30. The first-order valence-corrected chi connectivity index (χ1v) is 8.09. The Balaban J connectivity index is 2.39. The van der Waals surface area contributed by atoms with Crippen LogP contribution in [0.25, 0.3) is 0 Å². The van der Waals surface area contributed by atoms with Gasteiger partial charge in [0, 0.05) is 17.3 Å². The number of aromatic nitrogens is 2. The van der Waals surface area contributed by atoms with Crippen molar-refractivity contribution < 1.29 is 0 Å². The second-order valence-corrected chi connectivity index (χ2v) is 6.26. The van der Waals surface area contributed by atoms with Crippen LogP contribution in [0, 0.1) is 13.8 Å². The Labute approximate surface area is 125 Å². The fourth-order valence-corrected chi connectivity index (χ4v) is 3.40. The summed E-state index contributed by atoms with van der Waals surface area (Å²) in [5, 5.41) is 4.77. The molecule has 2 aromatic heterocycles. The van der Waals surface area contributed by atoms with Crippen LogP contribution in [0.1, 0.15) is 53.0 Å². The third-order valence-electron chi connectivity index (χ3n) is 3.48. The van der Waals surface area contributed by atoms with Crippen molar-refractivity contribution in [2.45, 2.75) is 46.6 Å².